The minimum atomic E-state index is -0.918. The quantitative estimate of drug-likeness (QED) is 0.915. The van der Waals surface area contributed by atoms with Crippen molar-refractivity contribution in [2.24, 2.45) is 0 Å². The number of carboxylic acid groups (broad SMARTS) is 1. The highest BCUT2D eigenvalue weighted by molar-refractivity contribution is 9.10. The molecule has 0 fully saturated rings. The zero-order valence-electron chi connectivity index (χ0n) is 11.4. The molecule has 4 heteroatoms. The molecule has 3 nitrogen and oxygen atoms in total. The number of halogens is 1. The van der Waals surface area contributed by atoms with Gasteiger partial charge in [0.25, 0.3) is 0 Å². The number of nitrogens with zero attached hydrogens (tertiary/aromatic N) is 1. The highest BCUT2D eigenvalue weighted by atomic mass is 79.9. The van der Waals surface area contributed by atoms with Crippen LogP contribution in [-0.2, 0) is 6.54 Å². The van der Waals surface area contributed by atoms with Gasteiger partial charge in [-0.25, -0.2) is 4.79 Å². The minimum Gasteiger partial charge on any atom is -0.478 e. The van der Waals surface area contributed by atoms with Gasteiger partial charge in [0.2, 0.25) is 0 Å². The summed E-state index contributed by atoms with van der Waals surface area (Å²) in [6, 6.07) is 13.3. The van der Waals surface area contributed by atoms with Gasteiger partial charge in [-0.15, -0.1) is 0 Å². The normalized spacial score (nSPS) is 10.3. The maximum atomic E-state index is 10.9. The fourth-order valence-electron chi connectivity index (χ4n) is 2.08. The van der Waals surface area contributed by atoms with Crippen LogP contribution in [0.4, 0.5) is 5.69 Å². The van der Waals surface area contributed by atoms with Gasteiger partial charge in [-0.05, 0) is 52.2 Å². The van der Waals surface area contributed by atoms with Gasteiger partial charge in [0.05, 0.1) is 11.3 Å². The molecular weight excluding hydrogens is 318 g/mol. The van der Waals surface area contributed by atoms with E-state index in [1.165, 1.54) is 11.1 Å². The summed E-state index contributed by atoms with van der Waals surface area (Å²) >= 11 is 3.44. The van der Waals surface area contributed by atoms with Crippen LogP contribution in [0.5, 0.6) is 0 Å². The molecule has 104 valence electrons. The fourth-order valence-corrected chi connectivity index (χ4v) is 2.76. The molecule has 0 saturated carbocycles. The van der Waals surface area contributed by atoms with E-state index in [4.69, 9.17) is 5.11 Å². The molecule has 20 heavy (non-hydrogen) atoms. The first-order chi connectivity index (χ1) is 9.49. The van der Waals surface area contributed by atoms with Crippen LogP contribution >= 0.6 is 15.9 Å². The summed E-state index contributed by atoms with van der Waals surface area (Å²) in [7, 11) is 1.99. The van der Waals surface area contributed by atoms with E-state index in [1.54, 1.807) is 12.1 Å². The van der Waals surface area contributed by atoms with Crippen molar-refractivity contribution in [1.29, 1.82) is 0 Å². The Hall–Kier alpha value is -1.81. The Bertz CT molecular complexity index is 640. The molecule has 0 heterocycles. The van der Waals surface area contributed by atoms with E-state index in [0.29, 0.717) is 0 Å². The Balaban J connectivity index is 2.23. The molecule has 0 unspecified atom stereocenters. The molecule has 0 saturated heterocycles. The summed E-state index contributed by atoms with van der Waals surface area (Å²) < 4.78 is 0.786. The summed E-state index contributed by atoms with van der Waals surface area (Å²) in [6.45, 7) is 2.86. The maximum Gasteiger partial charge on any atom is 0.335 e. The highest BCUT2D eigenvalue weighted by Gasteiger charge is 2.11. The predicted octanol–water partition coefficient (Wildman–Crippen LogP) is 4.09. The van der Waals surface area contributed by atoms with Crippen molar-refractivity contribution in [3.63, 3.8) is 0 Å². The van der Waals surface area contributed by atoms with Gasteiger partial charge in [0.1, 0.15) is 0 Å². The zero-order valence-corrected chi connectivity index (χ0v) is 13.0. The number of aryl methyl sites for hydroxylation is 1. The van der Waals surface area contributed by atoms with Crippen molar-refractivity contribution in [3.05, 3.63) is 63.6 Å². The van der Waals surface area contributed by atoms with Crippen LogP contribution in [-0.4, -0.2) is 18.1 Å². The summed E-state index contributed by atoms with van der Waals surface area (Å²) in [5.74, 6) is -0.918. The summed E-state index contributed by atoms with van der Waals surface area (Å²) in [4.78, 5) is 13.0. The molecule has 1 N–H and O–H groups in total. The molecule has 0 aliphatic heterocycles. The fraction of sp³-hybridized carbons (Fsp3) is 0.188. The van der Waals surface area contributed by atoms with E-state index in [1.807, 2.05) is 25.2 Å². The van der Waals surface area contributed by atoms with Crippen molar-refractivity contribution >= 4 is 27.6 Å². The van der Waals surface area contributed by atoms with Gasteiger partial charge in [-0.1, -0.05) is 24.3 Å². The lowest BCUT2D eigenvalue weighted by molar-refractivity contribution is 0.0697. The number of carbonyl (C=O) groups is 1. The van der Waals surface area contributed by atoms with Crippen LogP contribution in [0.3, 0.4) is 0 Å². The SMILES string of the molecule is Cc1ccccc1CN(C)c1ccc(C(=O)O)cc1Br. The molecule has 0 aromatic heterocycles. The molecular formula is C16H16BrNO2. The third-order valence-electron chi connectivity index (χ3n) is 3.27. The Morgan fingerprint density at radius 3 is 2.55 bits per heavy atom. The van der Waals surface area contributed by atoms with Crippen LogP contribution in [0, 0.1) is 6.92 Å². The Morgan fingerprint density at radius 2 is 1.95 bits per heavy atom. The molecule has 0 bridgehead atoms. The topological polar surface area (TPSA) is 40.5 Å². The maximum absolute atomic E-state index is 10.9. The van der Waals surface area contributed by atoms with Gasteiger partial charge in [-0.3, -0.25) is 0 Å². The lowest BCUT2D eigenvalue weighted by Gasteiger charge is -2.22. The van der Waals surface area contributed by atoms with E-state index in [9.17, 15) is 4.79 Å². The molecule has 0 aliphatic rings. The van der Waals surface area contributed by atoms with E-state index in [0.717, 1.165) is 16.7 Å². The monoisotopic (exact) mass is 333 g/mol. The number of carboxylic acids is 1. The van der Waals surface area contributed by atoms with Crippen molar-refractivity contribution < 1.29 is 9.90 Å². The first-order valence-electron chi connectivity index (χ1n) is 6.27. The van der Waals surface area contributed by atoms with Gasteiger partial charge >= 0.3 is 5.97 Å². The molecule has 2 rings (SSSR count). The third-order valence-corrected chi connectivity index (χ3v) is 3.91. The van der Waals surface area contributed by atoms with Crippen molar-refractivity contribution in [1.82, 2.24) is 0 Å². The Kier molecular flexibility index (Phi) is 4.45. The van der Waals surface area contributed by atoms with Crippen LogP contribution in [0.2, 0.25) is 0 Å². The second kappa shape index (κ2) is 6.09. The summed E-state index contributed by atoms with van der Waals surface area (Å²) in [6.07, 6.45) is 0. The van der Waals surface area contributed by atoms with Crippen LogP contribution < -0.4 is 4.90 Å². The minimum absolute atomic E-state index is 0.282. The molecule has 2 aromatic rings. The van der Waals surface area contributed by atoms with Crippen LogP contribution in [0.25, 0.3) is 0 Å². The first kappa shape index (κ1) is 14.6. The molecule has 0 aliphatic carbocycles. The van der Waals surface area contributed by atoms with Gasteiger partial charge < -0.3 is 10.0 Å². The molecule has 0 radical (unpaired) electrons. The number of hydrogen-bond acceptors (Lipinski definition) is 2. The third kappa shape index (κ3) is 3.20. The lowest BCUT2D eigenvalue weighted by Crippen LogP contribution is -2.17. The summed E-state index contributed by atoms with van der Waals surface area (Å²) in [5.41, 5.74) is 3.75. The standard InChI is InChI=1S/C16H16BrNO2/c1-11-5-3-4-6-13(11)10-18(2)15-8-7-12(16(19)20)9-14(15)17/h3-9H,10H2,1-2H3,(H,19,20). The number of aromatic carboxylic acids is 1. The van der Waals surface area contributed by atoms with Crippen molar-refractivity contribution in [3.8, 4) is 0 Å². The molecule has 0 atom stereocenters. The number of hydrogen-bond donors (Lipinski definition) is 1. The Labute approximate surface area is 127 Å². The van der Waals surface area contributed by atoms with E-state index >= 15 is 0 Å². The lowest BCUT2D eigenvalue weighted by atomic mass is 10.1. The van der Waals surface area contributed by atoms with Gasteiger partial charge in [-0.2, -0.15) is 0 Å². The number of rotatable bonds is 4. The highest BCUT2D eigenvalue weighted by Crippen LogP contribution is 2.28. The number of benzene rings is 2. The average molecular weight is 334 g/mol. The zero-order chi connectivity index (χ0) is 14.7. The van der Waals surface area contributed by atoms with E-state index in [2.05, 4.69) is 39.9 Å². The smallest absolute Gasteiger partial charge is 0.335 e. The number of anilines is 1. The Morgan fingerprint density at radius 1 is 1.25 bits per heavy atom. The second-order valence-corrected chi connectivity index (χ2v) is 5.61. The molecule has 2 aromatic carbocycles. The average Bonchev–Trinajstić information content (AvgIpc) is 2.41. The second-order valence-electron chi connectivity index (χ2n) is 4.75. The molecule has 0 spiro atoms. The van der Waals surface area contributed by atoms with Crippen molar-refractivity contribution in [2.45, 2.75) is 13.5 Å². The van der Waals surface area contributed by atoms with Crippen LogP contribution in [0.1, 0.15) is 21.5 Å². The van der Waals surface area contributed by atoms with Gasteiger partial charge in [0, 0.05) is 18.1 Å². The largest absolute Gasteiger partial charge is 0.478 e. The van der Waals surface area contributed by atoms with Crippen LogP contribution in [0.15, 0.2) is 46.9 Å². The first-order valence-corrected chi connectivity index (χ1v) is 7.07. The van der Waals surface area contributed by atoms with E-state index < -0.39 is 5.97 Å². The molecule has 0 amide bonds. The summed E-state index contributed by atoms with van der Waals surface area (Å²) in [5, 5.41) is 8.98. The van der Waals surface area contributed by atoms with E-state index in [-0.39, 0.29) is 5.56 Å². The van der Waals surface area contributed by atoms with Crippen molar-refractivity contribution in [2.75, 3.05) is 11.9 Å². The predicted molar refractivity (Wildman–Crippen MR) is 84.4 cm³/mol. The van der Waals surface area contributed by atoms with Gasteiger partial charge in [0.15, 0.2) is 0 Å².